The van der Waals surface area contributed by atoms with Crippen molar-refractivity contribution in [2.75, 3.05) is 24.6 Å². The van der Waals surface area contributed by atoms with Crippen LogP contribution in [0.5, 0.6) is 11.5 Å². The topological polar surface area (TPSA) is 79.5 Å². The third kappa shape index (κ3) is 5.37. The highest BCUT2D eigenvalue weighted by atomic mass is 16.5. The van der Waals surface area contributed by atoms with Gasteiger partial charge in [0, 0.05) is 30.5 Å². The Labute approximate surface area is 193 Å². The van der Waals surface area contributed by atoms with Gasteiger partial charge in [0.05, 0.1) is 24.9 Å². The molecule has 1 aromatic heterocycles. The molecule has 170 valence electrons. The van der Waals surface area contributed by atoms with Crippen molar-refractivity contribution < 1.29 is 14.3 Å². The van der Waals surface area contributed by atoms with Crippen molar-refractivity contribution >= 4 is 17.3 Å². The van der Waals surface area contributed by atoms with Crippen LogP contribution < -0.4 is 19.7 Å². The number of hydrogen-bond acceptors (Lipinski definition) is 5. The monoisotopic (exact) mass is 444 g/mol. The maximum absolute atomic E-state index is 12.1. The molecule has 5 rings (SSSR count). The highest BCUT2D eigenvalue weighted by molar-refractivity contribution is 5.98. The summed E-state index contributed by atoms with van der Waals surface area (Å²) in [6.07, 6.45) is 6.71. The van der Waals surface area contributed by atoms with Crippen LogP contribution in [0, 0.1) is 5.92 Å². The number of carbonyl (C=O) groups is 1. The van der Waals surface area contributed by atoms with E-state index in [1.807, 2.05) is 24.3 Å². The molecule has 2 aromatic carbocycles. The number of amides is 1. The fourth-order valence-corrected chi connectivity index (χ4v) is 3.89. The van der Waals surface area contributed by atoms with Gasteiger partial charge in [0.25, 0.3) is 5.91 Å². The van der Waals surface area contributed by atoms with Crippen LogP contribution in [0.3, 0.4) is 0 Å². The number of aromatic nitrogens is 2. The van der Waals surface area contributed by atoms with Gasteiger partial charge in [-0.05, 0) is 72.9 Å². The number of anilines is 1. The van der Waals surface area contributed by atoms with E-state index < -0.39 is 0 Å². The van der Waals surface area contributed by atoms with Crippen molar-refractivity contribution in [2.45, 2.75) is 25.4 Å². The van der Waals surface area contributed by atoms with Gasteiger partial charge in [-0.2, -0.15) is 5.10 Å². The molecule has 0 bridgehead atoms. The van der Waals surface area contributed by atoms with E-state index in [2.05, 4.69) is 51.3 Å². The minimum absolute atomic E-state index is 0.130. The number of nitrogens with zero attached hydrogens (tertiary/aromatic N) is 2. The lowest BCUT2D eigenvalue weighted by atomic mass is 10.1. The van der Waals surface area contributed by atoms with Gasteiger partial charge in [-0.15, -0.1) is 0 Å². The van der Waals surface area contributed by atoms with E-state index in [0.717, 1.165) is 49.1 Å². The highest BCUT2D eigenvalue weighted by Crippen LogP contribution is 2.30. The molecule has 2 heterocycles. The van der Waals surface area contributed by atoms with Gasteiger partial charge in [-0.3, -0.25) is 9.89 Å². The first-order valence-corrected chi connectivity index (χ1v) is 11.4. The summed E-state index contributed by atoms with van der Waals surface area (Å²) in [5.41, 5.74) is 3.02. The standard InChI is InChI=1S/C26H28N4O3/c1-18(29-26(31)21-14-27-28-15-21)20-4-8-24(9-5-20)33-25-12-13-30(16-25)22-6-10-23(11-7-22)32-17-19-2-3-19/h4-11,14-15,19,25H,1-3,12-13,16-17H2,(H,27,28)(H,29,31). The summed E-state index contributed by atoms with van der Waals surface area (Å²) >= 11 is 0. The number of nitrogens with one attached hydrogen (secondary N) is 2. The summed E-state index contributed by atoms with van der Waals surface area (Å²) in [6.45, 7) is 6.60. The first-order chi connectivity index (χ1) is 16.1. The van der Waals surface area contributed by atoms with Gasteiger partial charge in [-0.1, -0.05) is 6.58 Å². The summed E-state index contributed by atoms with van der Waals surface area (Å²) < 4.78 is 12.0. The van der Waals surface area contributed by atoms with Gasteiger partial charge in [0.2, 0.25) is 0 Å². The Morgan fingerprint density at radius 3 is 2.52 bits per heavy atom. The quantitative estimate of drug-likeness (QED) is 0.516. The Balaban J connectivity index is 1.11. The largest absolute Gasteiger partial charge is 0.493 e. The van der Waals surface area contributed by atoms with Crippen molar-refractivity contribution in [3.05, 3.63) is 78.6 Å². The molecule has 2 aliphatic rings. The Morgan fingerprint density at radius 2 is 1.82 bits per heavy atom. The molecule has 3 aromatic rings. The van der Waals surface area contributed by atoms with Gasteiger partial charge in [-0.25, -0.2) is 0 Å². The number of aromatic amines is 1. The van der Waals surface area contributed by atoms with Gasteiger partial charge in [0.15, 0.2) is 0 Å². The lowest BCUT2D eigenvalue weighted by Gasteiger charge is -2.19. The van der Waals surface area contributed by atoms with Crippen molar-refractivity contribution in [2.24, 2.45) is 5.92 Å². The molecule has 0 spiro atoms. The minimum Gasteiger partial charge on any atom is -0.493 e. The number of H-pyrrole nitrogens is 1. The summed E-state index contributed by atoms with van der Waals surface area (Å²) in [5, 5.41) is 9.20. The van der Waals surface area contributed by atoms with Crippen LogP contribution in [0.2, 0.25) is 0 Å². The van der Waals surface area contributed by atoms with Gasteiger partial charge in [0.1, 0.15) is 17.6 Å². The predicted octanol–water partition coefficient (Wildman–Crippen LogP) is 4.26. The van der Waals surface area contributed by atoms with Crippen molar-refractivity contribution in [3.8, 4) is 11.5 Å². The summed E-state index contributed by atoms with van der Waals surface area (Å²) in [4.78, 5) is 14.5. The molecule has 7 heteroatoms. The zero-order valence-electron chi connectivity index (χ0n) is 18.5. The molecule has 0 radical (unpaired) electrons. The Bertz CT molecular complexity index is 1090. The molecule has 1 aliphatic heterocycles. The van der Waals surface area contributed by atoms with E-state index in [4.69, 9.17) is 9.47 Å². The molecule has 33 heavy (non-hydrogen) atoms. The molecule has 1 saturated carbocycles. The van der Waals surface area contributed by atoms with Crippen LogP contribution in [-0.4, -0.2) is 41.9 Å². The molecule has 7 nitrogen and oxygen atoms in total. The third-order valence-electron chi connectivity index (χ3n) is 6.06. The summed E-state index contributed by atoms with van der Waals surface area (Å²) in [7, 11) is 0. The molecular weight excluding hydrogens is 416 g/mol. The Kier molecular flexibility index (Phi) is 6.02. The number of rotatable bonds is 9. The normalized spacial score (nSPS) is 17.6. The van der Waals surface area contributed by atoms with Crippen LogP contribution in [0.25, 0.3) is 5.70 Å². The summed E-state index contributed by atoms with van der Waals surface area (Å²) in [6, 6.07) is 16.0. The predicted molar refractivity (Wildman–Crippen MR) is 127 cm³/mol. The van der Waals surface area contributed by atoms with Crippen molar-refractivity contribution in [1.82, 2.24) is 15.5 Å². The summed E-state index contributed by atoms with van der Waals surface area (Å²) in [5.74, 6) is 2.26. The molecular formula is C26H28N4O3. The van der Waals surface area contributed by atoms with Crippen molar-refractivity contribution in [3.63, 3.8) is 0 Å². The zero-order chi connectivity index (χ0) is 22.6. The molecule has 1 saturated heterocycles. The molecule has 2 fully saturated rings. The van der Waals surface area contributed by atoms with Crippen LogP contribution in [-0.2, 0) is 0 Å². The van der Waals surface area contributed by atoms with E-state index in [1.165, 1.54) is 24.7 Å². The van der Waals surface area contributed by atoms with Gasteiger partial charge < -0.3 is 19.7 Å². The molecule has 1 unspecified atom stereocenters. The zero-order valence-corrected chi connectivity index (χ0v) is 18.5. The third-order valence-corrected chi connectivity index (χ3v) is 6.06. The van der Waals surface area contributed by atoms with E-state index in [1.54, 1.807) is 6.20 Å². The van der Waals surface area contributed by atoms with Crippen LogP contribution >= 0.6 is 0 Å². The van der Waals surface area contributed by atoms with E-state index in [9.17, 15) is 4.79 Å². The second kappa shape index (κ2) is 9.40. The lowest BCUT2D eigenvalue weighted by molar-refractivity contribution is 0.0974. The fraction of sp³-hybridized carbons (Fsp3) is 0.308. The van der Waals surface area contributed by atoms with Crippen LogP contribution in [0.15, 0.2) is 67.5 Å². The van der Waals surface area contributed by atoms with E-state index in [0.29, 0.717) is 11.3 Å². The maximum Gasteiger partial charge on any atom is 0.258 e. The molecule has 1 amide bonds. The van der Waals surface area contributed by atoms with Crippen LogP contribution in [0.1, 0.15) is 35.2 Å². The van der Waals surface area contributed by atoms with Crippen molar-refractivity contribution in [1.29, 1.82) is 0 Å². The number of ether oxygens (including phenoxy) is 2. The number of benzene rings is 2. The highest BCUT2D eigenvalue weighted by Gasteiger charge is 2.25. The first kappa shape index (κ1) is 21.1. The smallest absolute Gasteiger partial charge is 0.258 e. The van der Waals surface area contributed by atoms with Gasteiger partial charge >= 0.3 is 0 Å². The maximum atomic E-state index is 12.1. The van der Waals surface area contributed by atoms with Crippen LogP contribution in [0.4, 0.5) is 5.69 Å². The lowest BCUT2D eigenvalue weighted by Crippen LogP contribution is -2.24. The fourth-order valence-electron chi connectivity index (χ4n) is 3.89. The average molecular weight is 445 g/mol. The molecule has 1 aliphatic carbocycles. The number of carbonyl (C=O) groups excluding carboxylic acids is 1. The molecule has 1 atom stereocenters. The number of hydrogen-bond donors (Lipinski definition) is 2. The first-order valence-electron chi connectivity index (χ1n) is 11.4. The minimum atomic E-state index is -0.248. The SMILES string of the molecule is C=C(NC(=O)c1cn[nH]c1)c1ccc(OC2CCN(c3ccc(OCC4CC4)cc3)C2)cc1. The Morgan fingerprint density at radius 1 is 1.06 bits per heavy atom. The molecule has 2 N–H and O–H groups in total. The average Bonchev–Trinajstić information content (AvgIpc) is 3.29. The van der Waals surface area contributed by atoms with E-state index >= 15 is 0 Å². The Hall–Kier alpha value is -3.74. The van der Waals surface area contributed by atoms with E-state index in [-0.39, 0.29) is 12.0 Å². The second-order valence-corrected chi connectivity index (χ2v) is 8.67. The second-order valence-electron chi connectivity index (χ2n) is 8.67.